The van der Waals surface area contributed by atoms with Crippen LogP contribution in [0.15, 0.2) is 27.6 Å². The molecule has 1 atom stereocenters. The van der Waals surface area contributed by atoms with E-state index in [4.69, 9.17) is 4.74 Å². The Kier molecular flexibility index (Phi) is 5.06. The van der Waals surface area contributed by atoms with Crippen molar-refractivity contribution in [3.05, 3.63) is 22.7 Å². The normalized spacial score (nSPS) is 20.9. The maximum atomic E-state index is 12.7. The van der Waals surface area contributed by atoms with Gasteiger partial charge in [0.1, 0.15) is 10.6 Å². The molecule has 0 saturated carbocycles. The van der Waals surface area contributed by atoms with Gasteiger partial charge in [-0.1, -0.05) is 15.9 Å². The SMILES string of the molecule is CCOc1ccc(Br)cc1S(=O)(=O)N1CCCC(O)C1. The number of ether oxygens (including phenoxy) is 1. The van der Waals surface area contributed by atoms with E-state index in [0.717, 1.165) is 0 Å². The van der Waals surface area contributed by atoms with Crippen LogP contribution in [0.4, 0.5) is 0 Å². The molecule has 1 unspecified atom stereocenters. The second kappa shape index (κ2) is 6.43. The topological polar surface area (TPSA) is 66.8 Å². The van der Waals surface area contributed by atoms with Crippen LogP contribution in [-0.4, -0.2) is 43.6 Å². The fourth-order valence-corrected chi connectivity index (χ4v) is 4.42. The molecule has 2 rings (SSSR count). The summed E-state index contributed by atoms with van der Waals surface area (Å²) in [5.74, 6) is 0.343. The molecular formula is C13H18BrNO4S. The number of halogens is 1. The van der Waals surface area contributed by atoms with Crippen molar-refractivity contribution in [3.8, 4) is 5.75 Å². The lowest BCUT2D eigenvalue weighted by molar-refractivity contribution is 0.108. The molecule has 1 N–H and O–H groups in total. The van der Waals surface area contributed by atoms with Crippen LogP contribution in [0.25, 0.3) is 0 Å². The molecule has 1 fully saturated rings. The maximum Gasteiger partial charge on any atom is 0.246 e. The number of sulfonamides is 1. The number of aliphatic hydroxyl groups excluding tert-OH is 1. The van der Waals surface area contributed by atoms with Gasteiger partial charge in [0, 0.05) is 17.6 Å². The van der Waals surface area contributed by atoms with Gasteiger partial charge in [0.2, 0.25) is 10.0 Å². The third-order valence-corrected chi connectivity index (χ3v) is 5.56. The first-order valence-corrected chi connectivity index (χ1v) is 8.79. The molecule has 0 radical (unpaired) electrons. The maximum absolute atomic E-state index is 12.7. The number of hydrogen-bond acceptors (Lipinski definition) is 4. The van der Waals surface area contributed by atoms with Crippen molar-refractivity contribution in [3.63, 3.8) is 0 Å². The first kappa shape index (κ1) is 15.8. The summed E-state index contributed by atoms with van der Waals surface area (Å²) in [6, 6.07) is 4.93. The van der Waals surface area contributed by atoms with Crippen LogP contribution in [0.1, 0.15) is 19.8 Å². The Morgan fingerprint density at radius 3 is 2.90 bits per heavy atom. The highest BCUT2D eigenvalue weighted by atomic mass is 79.9. The highest BCUT2D eigenvalue weighted by molar-refractivity contribution is 9.10. The van der Waals surface area contributed by atoms with E-state index in [9.17, 15) is 13.5 Å². The van der Waals surface area contributed by atoms with E-state index in [0.29, 0.717) is 36.2 Å². The van der Waals surface area contributed by atoms with Gasteiger partial charge in [-0.05, 0) is 38.0 Å². The van der Waals surface area contributed by atoms with Gasteiger partial charge in [-0.3, -0.25) is 0 Å². The summed E-state index contributed by atoms with van der Waals surface area (Å²) in [6.45, 7) is 2.77. The minimum atomic E-state index is -3.65. The molecule has 1 aromatic rings. The summed E-state index contributed by atoms with van der Waals surface area (Å²) in [5.41, 5.74) is 0. The predicted octanol–water partition coefficient (Wildman–Crippen LogP) is 1.99. The summed E-state index contributed by atoms with van der Waals surface area (Å²) in [7, 11) is -3.65. The second-order valence-corrected chi connectivity index (χ2v) is 7.51. The Balaban J connectivity index is 2.40. The Hall–Kier alpha value is -0.630. The van der Waals surface area contributed by atoms with E-state index in [1.165, 1.54) is 4.31 Å². The summed E-state index contributed by atoms with van der Waals surface area (Å²) in [4.78, 5) is 0.142. The number of piperidine rings is 1. The fraction of sp³-hybridized carbons (Fsp3) is 0.538. The van der Waals surface area contributed by atoms with Gasteiger partial charge >= 0.3 is 0 Å². The van der Waals surface area contributed by atoms with Gasteiger partial charge < -0.3 is 9.84 Å². The average molecular weight is 364 g/mol. The number of nitrogens with zero attached hydrogens (tertiary/aromatic N) is 1. The van der Waals surface area contributed by atoms with Crippen molar-refractivity contribution in [1.82, 2.24) is 4.31 Å². The zero-order valence-electron chi connectivity index (χ0n) is 11.3. The van der Waals surface area contributed by atoms with Gasteiger partial charge in [-0.25, -0.2) is 8.42 Å². The highest BCUT2D eigenvalue weighted by Crippen LogP contribution is 2.31. The molecule has 5 nitrogen and oxygen atoms in total. The first-order valence-electron chi connectivity index (χ1n) is 6.55. The summed E-state index contributed by atoms with van der Waals surface area (Å²) in [6.07, 6.45) is 0.711. The lowest BCUT2D eigenvalue weighted by atomic mass is 10.1. The molecule has 1 aliphatic rings. The molecule has 0 aliphatic carbocycles. The molecule has 1 saturated heterocycles. The molecule has 0 bridgehead atoms. The Morgan fingerprint density at radius 2 is 2.25 bits per heavy atom. The molecule has 1 aromatic carbocycles. The van der Waals surface area contributed by atoms with E-state index < -0.39 is 16.1 Å². The Morgan fingerprint density at radius 1 is 1.50 bits per heavy atom. The molecule has 0 aromatic heterocycles. The minimum Gasteiger partial charge on any atom is -0.492 e. The van der Waals surface area contributed by atoms with Gasteiger partial charge in [0.15, 0.2) is 0 Å². The number of aliphatic hydroxyl groups is 1. The molecule has 20 heavy (non-hydrogen) atoms. The summed E-state index contributed by atoms with van der Waals surface area (Å²) in [5, 5.41) is 9.67. The van der Waals surface area contributed by atoms with Crippen LogP contribution in [0.2, 0.25) is 0 Å². The molecule has 1 heterocycles. The molecule has 112 valence electrons. The first-order chi connectivity index (χ1) is 9.45. The van der Waals surface area contributed by atoms with Crippen molar-refractivity contribution in [2.24, 2.45) is 0 Å². The molecule has 0 spiro atoms. The van der Waals surface area contributed by atoms with Crippen molar-refractivity contribution >= 4 is 26.0 Å². The lowest BCUT2D eigenvalue weighted by Gasteiger charge is -2.29. The molecular weight excluding hydrogens is 346 g/mol. The second-order valence-electron chi connectivity index (χ2n) is 4.68. The fourth-order valence-electron chi connectivity index (χ4n) is 2.24. The smallest absolute Gasteiger partial charge is 0.246 e. The van der Waals surface area contributed by atoms with Crippen LogP contribution >= 0.6 is 15.9 Å². The summed E-state index contributed by atoms with van der Waals surface area (Å²) < 4.78 is 32.8. The minimum absolute atomic E-state index is 0.139. The largest absolute Gasteiger partial charge is 0.492 e. The molecule has 0 amide bonds. The van der Waals surface area contributed by atoms with Crippen LogP contribution in [0, 0.1) is 0 Å². The van der Waals surface area contributed by atoms with Crippen LogP contribution in [-0.2, 0) is 10.0 Å². The van der Waals surface area contributed by atoms with E-state index in [1.807, 2.05) is 6.92 Å². The standard InChI is InChI=1S/C13H18BrNO4S/c1-2-19-12-6-5-10(14)8-13(12)20(17,18)15-7-3-4-11(16)9-15/h5-6,8,11,16H,2-4,7,9H2,1H3. The number of β-amino-alcohol motifs (C(OH)–C–C–N with tert-alkyl or cyclic N) is 1. The van der Waals surface area contributed by atoms with Crippen LogP contribution < -0.4 is 4.74 Å². The monoisotopic (exact) mass is 363 g/mol. The zero-order valence-corrected chi connectivity index (χ0v) is 13.7. The van der Waals surface area contributed by atoms with Crippen molar-refractivity contribution in [2.45, 2.75) is 30.8 Å². The third kappa shape index (κ3) is 3.33. The zero-order chi connectivity index (χ0) is 14.8. The average Bonchev–Trinajstić information content (AvgIpc) is 2.41. The van der Waals surface area contributed by atoms with Crippen molar-refractivity contribution in [2.75, 3.05) is 19.7 Å². The van der Waals surface area contributed by atoms with Crippen molar-refractivity contribution < 1.29 is 18.3 Å². The number of benzene rings is 1. The summed E-state index contributed by atoms with van der Waals surface area (Å²) >= 11 is 3.29. The molecule has 1 aliphatic heterocycles. The van der Waals surface area contributed by atoms with E-state index in [1.54, 1.807) is 18.2 Å². The molecule has 7 heteroatoms. The van der Waals surface area contributed by atoms with E-state index in [-0.39, 0.29) is 11.4 Å². The van der Waals surface area contributed by atoms with Crippen LogP contribution in [0.5, 0.6) is 5.75 Å². The number of hydrogen-bond donors (Lipinski definition) is 1. The predicted molar refractivity (Wildman–Crippen MR) is 79.3 cm³/mol. The third-order valence-electron chi connectivity index (χ3n) is 3.18. The van der Waals surface area contributed by atoms with E-state index >= 15 is 0 Å². The van der Waals surface area contributed by atoms with E-state index in [2.05, 4.69) is 15.9 Å². The van der Waals surface area contributed by atoms with Crippen molar-refractivity contribution in [1.29, 1.82) is 0 Å². The van der Waals surface area contributed by atoms with Gasteiger partial charge in [-0.15, -0.1) is 0 Å². The lowest BCUT2D eigenvalue weighted by Crippen LogP contribution is -2.42. The Labute approximate surface area is 127 Å². The Bertz CT molecular complexity index is 576. The van der Waals surface area contributed by atoms with Gasteiger partial charge in [-0.2, -0.15) is 4.31 Å². The quantitative estimate of drug-likeness (QED) is 0.888. The van der Waals surface area contributed by atoms with Crippen LogP contribution in [0.3, 0.4) is 0 Å². The highest BCUT2D eigenvalue weighted by Gasteiger charge is 2.31. The van der Waals surface area contributed by atoms with Gasteiger partial charge in [0.05, 0.1) is 12.7 Å². The number of rotatable bonds is 4. The van der Waals surface area contributed by atoms with Gasteiger partial charge in [0.25, 0.3) is 0 Å².